The molecule has 0 saturated carbocycles. The maximum absolute atomic E-state index is 14.0. The predicted octanol–water partition coefficient (Wildman–Crippen LogP) is 1.81. The van der Waals surface area contributed by atoms with E-state index < -0.39 is 15.6 Å². The lowest BCUT2D eigenvalue weighted by molar-refractivity contribution is 0.0953. The van der Waals surface area contributed by atoms with Gasteiger partial charge in [0.25, 0.3) is 5.91 Å². The number of aromatic nitrogens is 1. The van der Waals surface area contributed by atoms with E-state index in [1.165, 1.54) is 6.20 Å². The fourth-order valence-electron chi connectivity index (χ4n) is 3.63. The van der Waals surface area contributed by atoms with E-state index >= 15 is 0 Å². The molecule has 0 spiro atoms. The van der Waals surface area contributed by atoms with Crippen LogP contribution in [0.4, 0.5) is 5.69 Å². The Morgan fingerprint density at radius 2 is 1.97 bits per heavy atom. The van der Waals surface area contributed by atoms with Crippen molar-refractivity contribution in [1.82, 2.24) is 15.3 Å². The Balaban J connectivity index is 1.86. The zero-order valence-electron chi connectivity index (χ0n) is 16.8. The molecule has 3 N–H and O–H groups in total. The van der Waals surface area contributed by atoms with Crippen molar-refractivity contribution in [1.29, 1.82) is 0 Å². The first-order valence-corrected chi connectivity index (χ1v) is 11.6. The van der Waals surface area contributed by atoms with Crippen molar-refractivity contribution in [2.45, 2.75) is 31.6 Å². The van der Waals surface area contributed by atoms with Crippen LogP contribution in [-0.2, 0) is 16.3 Å². The highest BCUT2D eigenvalue weighted by Gasteiger charge is 2.30. The quantitative estimate of drug-likeness (QED) is 0.311. The summed E-state index contributed by atoms with van der Waals surface area (Å²) >= 11 is 0. The summed E-state index contributed by atoms with van der Waals surface area (Å²) in [6.07, 6.45) is 3.20. The number of hydrogen-bond acceptors (Lipinski definition) is 5. The fraction of sp³-hybridized carbons (Fsp3) is 0.381. The van der Waals surface area contributed by atoms with E-state index in [0.29, 0.717) is 17.8 Å². The lowest BCUT2D eigenvalue weighted by Crippen LogP contribution is -2.45. The van der Waals surface area contributed by atoms with E-state index in [4.69, 9.17) is 5.84 Å². The van der Waals surface area contributed by atoms with Crippen LogP contribution in [0.1, 0.15) is 35.8 Å². The predicted molar refractivity (Wildman–Crippen MR) is 119 cm³/mol. The zero-order chi connectivity index (χ0) is 20.9. The van der Waals surface area contributed by atoms with E-state index in [1.807, 2.05) is 34.6 Å². The summed E-state index contributed by atoms with van der Waals surface area (Å²) in [6.45, 7) is 5.40. The van der Waals surface area contributed by atoms with Gasteiger partial charge in [0.15, 0.2) is 0 Å². The third-order valence-corrected chi connectivity index (χ3v) is 8.04. The highest BCUT2D eigenvalue weighted by Crippen LogP contribution is 2.27. The second-order valence-corrected chi connectivity index (χ2v) is 9.69. The Morgan fingerprint density at radius 3 is 2.52 bits per heavy atom. The standard InChI is InChI=1S/C21H29N5O2S/c1-3-25-13-11-20(12-14-25)29(2,28)26(19-7-5-4-6-8-19)16-18-10-9-17(15-23-18)21(27)24-22/h4-10,15,20H,2-3,11-14,16,22H2,1H3,(H,24,27). The molecular weight excluding hydrogens is 386 g/mol. The molecule has 3 rings (SSSR count). The van der Waals surface area contributed by atoms with Gasteiger partial charge in [-0.3, -0.25) is 19.5 Å². The van der Waals surface area contributed by atoms with E-state index in [-0.39, 0.29) is 5.25 Å². The average Bonchev–Trinajstić information content (AvgIpc) is 2.77. The third kappa shape index (κ3) is 4.95. The van der Waals surface area contributed by atoms with Crippen LogP contribution in [0.2, 0.25) is 0 Å². The van der Waals surface area contributed by atoms with Gasteiger partial charge in [-0.2, -0.15) is 0 Å². The van der Waals surface area contributed by atoms with Crippen LogP contribution >= 0.6 is 0 Å². The average molecular weight is 416 g/mol. The Bertz CT molecular complexity index is 908. The summed E-state index contributed by atoms with van der Waals surface area (Å²) < 4.78 is 15.8. The van der Waals surface area contributed by atoms with Crippen LogP contribution in [0.25, 0.3) is 0 Å². The molecule has 1 aromatic heterocycles. The first kappa shape index (κ1) is 21.3. The monoisotopic (exact) mass is 415 g/mol. The number of hydrazine groups is 1. The molecule has 1 amide bonds. The van der Waals surface area contributed by atoms with Crippen LogP contribution < -0.4 is 15.6 Å². The SMILES string of the molecule is C=S(=O)(C1CCN(CC)CC1)N(Cc1ccc(C(=O)NN)cn1)c1ccccc1. The van der Waals surface area contributed by atoms with Gasteiger partial charge in [0.1, 0.15) is 0 Å². The highest BCUT2D eigenvalue weighted by atomic mass is 32.2. The van der Waals surface area contributed by atoms with Gasteiger partial charge in [0.2, 0.25) is 0 Å². The highest BCUT2D eigenvalue weighted by molar-refractivity contribution is 8.02. The zero-order valence-corrected chi connectivity index (χ0v) is 17.6. The number of nitrogen functional groups attached to an aromatic ring is 1. The molecule has 1 aliphatic heterocycles. The summed E-state index contributed by atoms with van der Waals surface area (Å²) in [6, 6.07) is 13.1. The number of nitrogens with two attached hydrogens (primary N) is 1. The van der Waals surface area contributed by atoms with Gasteiger partial charge in [-0.1, -0.05) is 25.1 Å². The van der Waals surface area contributed by atoms with Gasteiger partial charge in [-0.15, -0.1) is 0 Å². The van der Waals surface area contributed by atoms with Crippen LogP contribution in [0, 0.1) is 0 Å². The molecular formula is C21H29N5O2S. The Kier molecular flexibility index (Phi) is 6.89. The molecule has 1 unspecified atom stereocenters. The summed E-state index contributed by atoms with van der Waals surface area (Å²) in [4.78, 5) is 18.4. The molecule has 0 radical (unpaired) electrons. The van der Waals surface area contributed by atoms with Gasteiger partial charge in [0, 0.05) is 17.1 Å². The van der Waals surface area contributed by atoms with E-state index in [2.05, 4.69) is 28.1 Å². The van der Waals surface area contributed by atoms with Crippen molar-refractivity contribution in [2.75, 3.05) is 23.9 Å². The minimum absolute atomic E-state index is 0.0211. The van der Waals surface area contributed by atoms with Crippen LogP contribution in [0.5, 0.6) is 0 Å². The number of likely N-dealkylation sites (tertiary alicyclic amines) is 1. The fourth-order valence-corrected chi connectivity index (χ4v) is 5.77. The molecule has 7 nitrogen and oxygen atoms in total. The third-order valence-electron chi connectivity index (χ3n) is 5.44. The van der Waals surface area contributed by atoms with Crippen molar-refractivity contribution in [2.24, 2.45) is 5.84 Å². The van der Waals surface area contributed by atoms with Crippen molar-refractivity contribution < 1.29 is 9.00 Å². The lowest BCUT2D eigenvalue weighted by Gasteiger charge is -2.38. The number of benzene rings is 1. The van der Waals surface area contributed by atoms with Gasteiger partial charge in [0.05, 0.1) is 27.5 Å². The number of carbonyl (C=O) groups is 1. The van der Waals surface area contributed by atoms with Gasteiger partial charge in [-0.25, -0.2) is 10.1 Å². The number of amides is 1. The van der Waals surface area contributed by atoms with E-state index in [9.17, 15) is 9.00 Å². The minimum atomic E-state index is -2.57. The molecule has 1 aromatic carbocycles. The molecule has 0 aliphatic carbocycles. The second kappa shape index (κ2) is 9.39. The largest absolute Gasteiger partial charge is 0.304 e. The first-order chi connectivity index (χ1) is 14.0. The first-order valence-electron chi connectivity index (χ1n) is 9.82. The summed E-state index contributed by atoms with van der Waals surface area (Å²) in [5.74, 6) is 8.98. The summed E-state index contributed by atoms with van der Waals surface area (Å²) in [5, 5.41) is 0.0211. The van der Waals surface area contributed by atoms with Crippen LogP contribution in [-0.4, -0.2) is 50.8 Å². The van der Waals surface area contributed by atoms with E-state index in [1.54, 1.807) is 12.1 Å². The molecule has 1 atom stereocenters. The van der Waals surface area contributed by atoms with Gasteiger partial charge in [-0.05, 0) is 62.6 Å². The molecule has 0 bridgehead atoms. The Morgan fingerprint density at radius 1 is 1.28 bits per heavy atom. The van der Waals surface area contributed by atoms with Crippen molar-refractivity contribution >= 4 is 27.2 Å². The lowest BCUT2D eigenvalue weighted by atomic mass is 10.1. The van der Waals surface area contributed by atoms with Crippen LogP contribution in [0.3, 0.4) is 0 Å². The number of rotatable bonds is 7. The van der Waals surface area contributed by atoms with Gasteiger partial charge >= 0.3 is 0 Å². The van der Waals surface area contributed by atoms with Crippen molar-refractivity contribution in [3.8, 4) is 0 Å². The number of para-hydroxylation sites is 1. The molecule has 8 heteroatoms. The topological polar surface area (TPSA) is 91.6 Å². The smallest absolute Gasteiger partial charge is 0.266 e. The summed E-state index contributed by atoms with van der Waals surface area (Å²) in [7, 11) is -2.57. The number of anilines is 1. The molecule has 156 valence electrons. The number of carbonyl (C=O) groups excluding carboxylic acids is 1. The minimum Gasteiger partial charge on any atom is -0.304 e. The Labute approximate surface area is 173 Å². The molecule has 1 fully saturated rings. The molecule has 2 heterocycles. The molecule has 1 saturated heterocycles. The molecule has 1 aliphatic rings. The molecule has 29 heavy (non-hydrogen) atoms. The maximum atomic E-state index is 14.0. The number of nitrogens with zero attached hydrogens (tertiary/aromatic N) is 3. The second-order valence-electron chi connectivity index (χ2n) is 7.21. The number of nitrogens with one attached hydrogen (secondary N) is 1. The maximum Gasteiger partial charge on any atom is 0.266 e. The van der Waals surface area contributed by atoms with E-state index in [0.717, 1.165) is 38.2 Å². The number of hydrogen-bond donors (Lipinski definition) is 2. The summed E-state index contributed by atoms with van der Waals surface area (Å²) in [5.41, 5.74) is 4.04. The van der Waals surface area contributed by atoms with Crippen molar-refractivity contribution in [3.63, 3.8) is 0 Å². The molecule has 2 aromatic rings. The number of pyridine rings is 1. The van der Waals surface area contributed by atoms with Crippen LogP contribution in [0.15, 0.2) is 48.7 Å². The normalized spacial score (nSPS) is 17.4. The Hall–Kier alpha value is -2.42. The number of piperidine rings is 1. The van der Waals surface area contributed by atoms with Gasteiger partial charge < -0.3 is 4.90 Å². The van der Waals surface area contributed by atoms with Crippen molar-refractivity contribution in [3.05, 3.63) is 59.9 Å².